The van der Waals surface area contributed by atoms with E-state index >= 15 is 0 Å². The lowest BCUT2D eigenvalue weighted by molar-refractivity contribution is 0.102. The predicted octanol–water partition coefficient (Wildman–Crippen LogP) is 3.19. The molecule has 3 nitrogen and oxygen atoms in total. The molecule has 0 aliphatic heterocycles. The average molecular weight is 242 g/mol. The molecule has 2 aromatic rings. The number of hydrogen-bond acceptors (Lipinski definition) is 2. The quantitative estimate of drug-likeness (QED) is 0.840. The highest BCUT2D eigenvalue weighted by atomic mass is 16.1. The monoisotopic (exact) mass is 242 g/mol. The van der Waals surface area contributed by atoms with Gasteiger partial charge in [-0.3, -0.25) is 4.79 Å². The first kappa shape index (κ1) is 12.4. The molecule has 18 heavy (non-hydrogen) atoms. The number of ketones is 1. The number of hydrogen-bond donors (Lipinski definition) is 1. The molecule has 0 saturated heterocycles. The maximum absolute atomic E-state index is 12.5. The van der Waals surface area contributed by atoms with Gasteiger partial charge in [-0.25, -0.2) is 0 Å². The van der Waals surface area contributed by atoms with Gasteiger partial charge in [0.1, 0.15) is 5.69 Å². The van der Waals surface area contributed by atoms with E-state index in [1.165, 1.54) is 0 Å². The summed E-state index contributed by atoms with van der Waals surface area (Å²) in [5, 5.41) is 0. The molecule has 0 amide bonds. The van der Waals surface area contributed by atoms with Crippen molar-refractivity contribution in [1.82, 2.24) is 4.57 Å². The van der Waals surface area contributed by atoms with E-state index in [2.05, 4.69) is 0 Å². The van der Waals surface area contributed by atoms with Crippen molar-refractivity contribution in [3.63, 3.8) is 0 Å². The third-order valence-corrected chi connectivity index (χ3v) is 3.03. The number of nitrogens with two attached hydrogens (primary N) is 1. The Labute approximate surface area is 107 Å². The first-order valence-corrected chi connectivity index (χ1v) is 6.09. The first-order chi connectivity index (χ1) is 8.52. The molecule has 0 aliphatic carbocycles. The van der Waals surface area contributed by atoms with Crippen molar-refractivity contribution < 1.29 is 4.79 Å². The molecule has 1 heterocycles. The van der Waals surface area contributed by atoms with Crippen molar-refractivity contribution in [2.24, 2.45) is 0 Å². The van der Waals surface area contributed by atoms with Crippen LogP contribution in [0.1, 0.15) is 41.6 Å². The Bertz CT molecular complexity index is 568. The molecular weight excluding hydrogens is 224 g/mol. The second-order valence-electron chi connectivity index (χ2n) is 4.75. The Kier molecular flexibility index (Phi) is 3.24. The van der Waals surface area contributed by atoms with E-state index in [1.807, 2.05) is 61.7 Å². The summed E-state index contributed by atoms with van der Waals surface area (Å²) in [7, 11) is 0. The van der Waals surface area contributed by atoms with Crippen LogP contribution in [0.4, 0.5) is 5.69 Å². The molecule has 0 fully saturated rings. The van der Waals surface area contributed by atoms with Crippen LogP contribution in [-0.2, 0) is 0 Å². The van der Waals surface area contributed by atoms with Crippen molar-refractivity contribution in [3.8, 4) is 0 Å². The normalized spacial score (nSPS) is 10.9. The van der Waals surface area contributed by atoms with E-state index in [1.54, 1.807) is 0 Å². The number of carbonyl (C=O) groups excluding carboxylic acids is 1. The third kappa shape index (κ3) is 2.04. The summed E-state index contributed by atoms with van der Waals surface area (Å²) in [5.74, 6) is -0.0186. The van der Waals surface area contributed by atoms with E-state index < -0.39 is 0 Å². The minimum Gasteiger partial charge on any atom is -0.397 e. The fourth-order valence-electron chi connectivity index (χ4n) is 2.31. The minimum atomic E-state index is -0.0186. The topological polar surface area (TPSA) is 48.0 Å². The van der Waals surface area contributed by atoms with Crippen LogP contribution >= 0.6 is 0 Å². The largest absolute Gasteiger partial charge is 0.397 e. The summed E-state index contributed by atoms with van der Waals surface area (Å²) >= 11 is 0. The lowest BCUT2D eigenvalue weighted by Gasteiger charge is -2.15. The van der Waals surface area contributed by atoms with Crippen molar-refractivity contribution in [3.05, 3.63) is 53.3 Å². The van der Waals surface area contributed by atoms with Gasteiger partial charge in [0.2, 0.25) is 5.78 Å². The van der Waals surface area contributed by atoms with Crippen LogP contribution in [-0.4, -0.2) is 10.4 Å². The molecule has 2 rings (SSSR count). The number of rotatable bonds is 3. The van der Waals surface area contributed by atoms with Crippen LogP contribution in [0.2, 0.25) is 0 Å². The van der Waals surface area contributed by atoms with Crippen LogP contribution in [0.25, 0.3) is 0 Å². The van der Waals surface area contributed by atoms with E-state index in [9.17, 15) is 4.79 Å². The lowest BCUT2D eigenvalue weighted by Crippen LogP contribution is -2.14. The standard InChI is InChI=1S/C15H18N2O/c1-10(2)17-11(3)9-13(16)14(17)15(18)12-7-5-4-6-8-12/h4-10H,16H2,1-3H3. The smallest absolute Gasteiger partial charge is 0.211 e. The predicted molar refractivity (Wildman–Crippen MR) is 73.8 cm³/mol. The molecule has 0 atom stereocenters. The zero-order valence-electron chi connectivity index (χ0n) is 11.0. The molecule has 3 heteroatoms. The Balaban J connectivity index is 2.55. The summed E-state index contributed by atoms with van der Waals surface area (Å²) in [5.41, 5.74) is 8.81. The summed E-state index contributed by atoms with van der Waals surface area (Å²) in [6.45, 7) is 6.07. The van der Waals surface area contributed by atoms with Gasteiger partial charge in [0.05, 0.1) is 5.69 Å². The molecule has 94 valence electrons. The molecule has 0 saturated carbocycles. The van der Waals surface area contributed by atoms with Crippen LogP contribution in [0.3, 0.4) is 0 Å². The fourth-order valence-corrected chi connectivity index (χ4v) is 2.31. The maximum Gasteiger partial charge on any atom is 0.211 e. The summed E-state index contributed by atoms with van der Waals surface area (Å²) in [6.07, 6.45) is 0. The van der Waals surface area contributed by atoms with Crippen LogP contribution in [0.5, 0.6) is 0 Å². The number of benzene rings is 1. The molecular formula is C15H18N2O. The van der Waals surface area contributed by atoms with E-state index in [0.29, 0.717) is 16.9 Å². The third-order valence-electron chi connectivity index (χ3n) is 3.03. The average Bonchev–Trinajstić information content (AvgIpc) is 2.64. The van der Waals surface area contributed by atoms with Crippen molar-refractivity contribution in [2.45, 2.75) is 26.8 Å². The second-order valence-corrected chi connectivity index (χ2v) is 4.75. The van der Waals surface area contributed by atoms with Gasteiger partial charge in [-0.05, 0) is 26.8 Å². The zero-order valence-corrected chi connectivity index (χ0v) is 11.0. The van der Waals surface area contributed by atoms with Gasteiger partial charge in [0, 0.05) is 17.3 Å². The van der Waals surface area contributed by atoms with Gasteiger partial charge >= 0.3 is 0 Å². The maximum atomic E-state index is 12.5. The Morgan fingerprint density at radius 3 is 2.39 bits per heavy atom. The molecule has 0 radical (unpaired) electrons. The Hall–Kier alpha value is -2.03. The molecule has 0 spiro atoms. The minimum absolute atomic E-state index is 0.0186. The van der Waals surface area contributed by atoms with Gasteiger partial charge in [0.25, 0.3) is 0 Å². The van der Waals surface area contributed by atoms with E-state index in [0.717, 1.165) is 5.69 Å². The second kappa shape index (κ2) is 4.69. The number of aryl methyl sites for hydroxylation is 1. The van der Waals surface area contributed by atoms with Crippen molar-refractivity contribution in [2.75, 3.05) is 5.73 Å². The van der Waals surface area contributed by atoms with Gasteiger partial charge in [-0.2, -0.15) is 0 Å². The summed E-state index contributed by atoms with van der Waals surface area (Å²) in [4.78, 5) is 12.5. The summed E-state index contributed by atoms with van der Waals surface area (Å²) in [6, 6.07) is 11.3. The van der Waals surface area contributed by atoms with Crippen molar-refractivity contribution >= 4 is 11.5 Å². The van der Waals surface area contributed by atoms with Crippen LogP contribution < -0.4 is 5.73 Å². The Morgan fingerprint density at radius 1 is 1.22 bits per heavy atom. The van der Waals surface area contributed by atoms with E-state index in [-0.39, 0.29) is 11.8 Å². The Morgan fingerprint density at radius 2 is 1.83 bits per heavy atom. The lowest BCUT2D eigenvalue weighted by atomic mass is 10.1. The van der Waals surface area contributed by atoms with E-state index in [4.69, 9.17) is 5.73 Å². The molecule has 0 bridgehead atoms. The highest BCUT2D eigenvalue weighted by molar-refractivity contribution is 6.11. The SMILES string of the molecule is Cc1cc(N)c(C(=O)c2ccccc2)n1C(C)C. The highest BCUT2D eigenvalue weighted by Gasteiger charge is 2.20. The van der Waals surface area contributed by atoms with Crippen molar-refractivity contribution in [1.29, 1.82) is 0 Å². The molecule has 1 aromatic heterocycles. The molecule has 0 unspecified atom stereocenters. The van der Waals surface area contributed by atoms with Gasteiger partial charge in [-0.1, -0.05) is 30.3 Å². The number of carbonyl (C=O) groups is 1. The molecule has 2 N–H and O–H groups in total. The zero-order chi connectivity index (χ0) is 13.3. The van der Waals surface area contributed by atoms with Crippen LogP contribution in [0.15, 0.2) is 36.4 Å². The van der Waals surface area contributed by atoms with Crippen LogP contribution in [0, 0.1) is 6.92 Å². The number of anilines is 1. The first-order valence-electron chi connectivity index (χ1n) is 6.09. The summed E-state index contributed by atoms with van der Waals surface area (Å²) < 4.78 is 1.99. The highest BCUT2D eigenvalue weighted by Crippen LogP contribution is 2.25. The van der Waals surface area contributed by atoms with Gasteiger partial charge < -0.3 is 10.3 Å². The number of nitrogens with zero attached hydrogens (tertiary/aromatic N) is 1. The number of aromatic nitrogens is 1. The molecule has 1 aromatic carbocycles. The number of nitrogen functional groups attached to an aromatic ring is 1. The molecule has 0 aliphatic rings. The fraction of sp³-hybridized carbons (Fsp3) is 0.267. The van der Waals surface area contributed by atoms with Gasteiger partial charge in [0.15, 0.2) is 0 Å². The van der Waals surface area contributed by atoms with Gasteiger partial charge in [-0.15, -0.1) is 0 Å².